The van der Waals surface area contributed by atoms with Crippen molar-refractivity contribution in [3.05, 3.63) is 89.0 Å². The summed E-state index contributed by atoms with van der Waals surface area (Å²) in [5.74, 6) is 1.27. The summed E-state index contributed by atoms with van der Waals surface area (Å²) in [6, 6.07) is 16.5. The molecule has 0 aliphatic heterocycles. The third-order valence-corrected chi connectivity index (χ3v) is 4.42. The van der Waals surface area contributed by atoms with E-state index in [1.807, 2.05) is 42.5 Å². The Kier molecular flexibility index (Phi) is 7.55. The first-order chi connectivity index (χ1) is 14.2. The Labute approximate surface area is 170 Å². The molecular weight excluding hydrogens is 371 g/mol. The third-order valence-electron chi connectivity index (χ3n) is 4.42. The molecular formula is C23H25FN2O3. The highest BCUT2D eigenvalue weighted by Gasteiger charge is 2.08. The molecule has 1 N–H and O–H groups in total. The van der Waals surface area contributed by atoms with Gasteiger partial charge >= 0.3 is 0 Å². The van der Waals surface area contributed by atoms with E-state index in [1.165, 1.54) is 6.07 Å². The number of halogens is 1. The van der Waals surface area contributed by atoms with Crippen LogP contribution in [0.2, 0.25) is 0 Å². The zero-order chi connectivity index (χ0) is 20.5. The van der Waals surface area contributed by atoms with Crippen molar-refractivity contribution in [3.63, 3.8) is 0 Å². The molecule has 0 amide bonds. The smallest absolute Gasteiger partial charge is 0.130 e. The molecule has 0 saturated carbocycles. The number of nitrogens with zero attached hydrogens (tertiary/aromatic N) is 1. The molecule has 29 heavy (non-hydrogen) atoms. The van der Waals surface area contributed by atoms with Gasteiger partial charge in [-0.3, -0.25) is 4.98 Å². The molecule has 0 spiro atoms. The summed E-state index contributed by atoms with van der Waals surface area (Å²) in [7, 11) is 3.19. The topological polar surface area (TPSA) is 52.6 Å². The normalized spacial score (nSPS) is 10.7. The maximum atomic E-state index is 13.8. The van der Waals surface area contributed by atoms with Crippen LogP contribution in [0.3, 0.4) is 0 Å². The summed E-state index contributed by atoms with van der Waals surface area (Å²) < 4.78 is 30.1. The van der Waals surface area contributed by atoms with E-state index in [0.29, 0.717) is 25.3 Å². The van der Waals surface area contributed by atoms with Gasteiger partial charge in [0.15, 0.2) is 0 Å². The number of methoxy groups -OCH3 is 2. The highest BCUT2D eigenvalue weighted by atomic mass is 19.1. The minimum absolute atomic E-state index is 0.251. The second kappa shape index (κ2) is 10.5. The number of benzene rings is 2. The summed E-state index contributed by atoms with van der Waals surface area (Å²) in [6.07, 6.45) is 1.75. The molecule has 1 heterocycles. The van der Waals surface area contributed by atoms with E-state index in [9.17, 15) is 4.39 Å². The van der Waals surface area contributed by atoms with Crippen LogP contribution in [-0.4, -0.2) is 19.2 Å². The number of hydrogen-bond donors (Lipinski definition) is 1. The minimum Gasteiger partial charge on any atom is -0.497 e. The lowest BCUT2D eigenvalue weighted by molar-refractivity contribution is 0.181. The van der Waals surface area contributed by atoms with Crippen LogP contribution >= 0.6 is 0 Å². The van der Waals surface area contributed by atoms with Crippen LogP contribution in [0.15, 0.2) is 60.8 Å². The van der Waals surface area contributed by atoms with E-state index in [2.05, 4.69) is 10.3 Å². The van der Waals surface area contributed by atoms with Crippen LogP contribution < -0.4 is 14.8 Å². The first-order valence-corrected chi connectivity index (χ1v) is 9.36. The molecule has 0 aliphatic rings. The molecule has 152 valence electrons. The van der Waals surface area contributed by atoms with Crippen molar-refractivity contribution in [2.75, 3.05) is 14.2 Å². The quantitative estimate of drug-likeness (QED) is 0.555. The van der Waals surface area contributed by atoms with Crippen LogP contribution in [0.1, 0.15) is 22.4 Å². The van der Waals surface area contributed by atoms with Gasteiger partial charge in [0, 0.05) is 37.5 Å². The maximum Gasteiger partial charge on any atom is 0.130 e. The molecule has 0 bridgehead atoms. The van der Waals surface area contributed by atoms with Gasteiger partial charge in [-0.05, 0) is 48.0 Å². The molecule has 2 aromatic carbocycles. The van der Waals surface area contributed by atoms with Crippen molar-refractivity contribution in [2.45, 2.75) is 26.3 Å². The van der Waals surface area contributed by atoms with Gasteiger partial charge in [-0.25, -0.2) is 4.39 Å². The Morgan fingerprint density at radius 3 is 2.59 bits per heavy atom. The predicted molar refractivity (Wildman–Crippen MR) is 109 cm³/mol. The zero-order valence-electron chi connectivity index (χ0n) is 16.7. The largest absolute Gasteiger partial charge is 0.497 e. The second-order valence-corrected chi connectivity index (χ2v) is 6.55. The van der Waals surface area contributed by atoms with Gasteiger partial charge in [0.05, 0.1) is 19.4 Å². The van der Waals surface area contributed by atoms with E-state index >= 15 is 0 Å². The molecule has 3 rings (SSSR count). The molecule has 0 atom stereocenters. The molecule has 0 radical (unpaired) electrons. The van der Waals surface area contributed by atoms with Crippen molar-refractivity contribution in [1.29, 1.82) is 0 Å². The van der Waals surface area contributed by atoms with Gasteiger partial charge in [0.1, 0.15) is 23.9 Å². The predicted octanol–water partition coefficient (Wildman–Crippen LogP) is 4.24. The molecule has 0 unspecified atom stereocenters. The highest BCUT2D eigenvalue weighted by molar-refractivity contribution is 5.40. The molecule has 6 heteroatoms. The second-order valence-electron chi connectivity index (χ2n) is 6.55. The molecule has 0 saturated heterocycles. The molecule has 0 aliphatic carbocycles. The first-order valence-electron chi connectivity index (χ1n) is 9.36. The average Bonchev–Trinajstić information content (AvgIpc) is 2.76. The van der Waals surface area contributed by atoms with Crippen molar-refractivity contribution in [2.24, 2.45) is 0 Å². The Morgan fingerprint density at radius 2 is 1.83 bits per heavy atom. The van der Waals surface area contributed by atoms with Crippen molar-refractivity contribution < 1.29 is 18.6 Å². The number of pyridine rings is 1. The summed E-state index contributed by atoms with van der Waals surface area (Å²) in [4.78, 5) is 4.28. The Morgan fingerprint density at radius 1 is 0.931 bits per heavy atom. The minimum atomic E-state index is -0.256. The third kappa shape index (κ3) is 6.01. The Balaban J connectivity index is 1.65. The molecule has 0 fully saturated rings. The standard InChI is InChI=1S/C23H25FN2O3/c1-27-15-19-11-17(6-8-22(19)24)13-25-14-18-12-21(28-2)7-9-23(18)29-16-20-5-3-4-10-26-20/h3-12,25H,13-16H2,1-2H3. The maximum absolute atomic E-state index is 13.8. The van der Waals surface area contributed by atoms with Crippen LogP contribution in [0.5, 0.6) is 11.5 Å². The molecule has 3 aromatic rings. The van der Waals surface area contributed by atoms with Gasteiger partial charge in [-0.15, -0.1) is 0 Å². The van der Waals surface area contributed by atoms with Gasteiger partial charge in [0.2, 0.25) is 0 Å². The zero-order valence-corrected chi connectivity index (χ0v) is 16.7. The fraction of sp³-hybridized carbons (Fsp3) is 0.261. The number of nitrogens with one attached hydrogen (secondary N) is 1. The number of hydrogen-bond acceptors (Lipinski definition) is 5. The van der Waals surface area contributed by atoms with Crippen molar-refractivity contribution >= 4 is 0 Å². The Bertz CT molecular complexity index is 919. The molecule has 1 aromatic heterocycles. The fourth-order valence-corrected chi connectivity index (χ4v) is 2.94. The average molecular weight is 396 g/mol. The molecule has 5 nitrogen and oxygen atoms in total. The Hall–Kier alpha value is -2.96. The van der Waals surface area contributed by atoms with Crippen LogP contribution in [0, 0.1) is 5.82 Å². The summed E-state index contributed by atoms with van der Waals surface area (Å²) >= 11 is 0. The van der Waals surface area contributed by atoms with E-state index in [1.54, 1.807) is 26.5 Å². The number of aromatic nitrogens is 1. The van der Waals surface area contributed by atoms with E-state index in [4.69, 9.17) is 14.2 Å². The first kappa shape index (κ1) is 20.8. The number of ether oxygens (including phenoxy) is 3. The van der Waals surface area contributed by atoms with Gasteiger partial charge in [-0.1, -0.05) is 12.1 Å². The van der Waals surface area contributed by atoms with E-state index < -0.39 is 0 Å². The van der Waals surface area contributed by atoms with Crippen LogP contribution in [0.4, 0.5) is 4.39 Å². The van der Waals surface area contributed by atoms with Gasteiger partial charge < -0.3 is 19.5 Å². The number of rotatable bonds is 10. The van der Waals surface area contributed by atoms with E-state index in [0.717, 1.165) is 28.3 Å². The lowest BCUT2D eigenvalue weighted by Gasteiger charge is -2.14. The highest BCUT2D eigenvalue weighted by Crippen LogP contribution is 2.25. The fourth-order valence-electron chi connectivity index (χ4n) is 2.94. The monoisotopic (exact) mass is 396 g/mol. The summed E-state index contributed by atoms with van der Waals surface area (Å²) in [5.41, 5.74) is 3.36. The van der Waals surface area contributed by atoms with Crippen LogP contribution in [0.25, 0.3) is 0 Å². The van der Waals surface area contributed by atoms with Crippen LogP contribution in [-0.2, 0) is 31.0 Å². The SMILES string of the molecule is COCc1cc(CNCc2cc(OC)ccc2OCc2ccccn2)ccc1F. The van der Waals surface area contributed by atoms with Crippen molar-refractivity contribution in [1.82, 2.24) is 10.3 Å². The summed E-state index contributed by atoms with van der Waals surface area (Å²) in [6.45, 7) is 1.80. The summed E-state index contributed by atoms with van der Waals surface area (Å²) in [5, 5.41) is 3.38. The van der Waals surface area contributed by atoms with Gasteiger partial charge in [-0.2, -0.15) is 0 Å². The van der Waals surface area contributed by atoms with Crippen molar-refractivity contribution in [3.8, 4) is 11.5 Å². The lowest BCUT2D eigenvalue weighted by Crippen LogP contribution is -2.14. The van der Waals surface area contributed by atoms with Gasteiger partial charge in [0.25, 0.3) is 0 Å². The van der Waals surface area contributed by atoms with E-state index in [-0.39, 0.29) is 12.4 Å². The lowest BCUT2D eigenvalue weighted by atomic mass is 10.1.